The van der Waals surface area contributed by atoms with Crippen LogP contribution in [0, 0.1) is 6.92 Å². The van der Waals surface area contributed by atoms with Crippen LogP contribution < -0.4 is 15.0 Å². The van der Waals surface area contributed by atoms with Gasteiger partial charge in [0.05, 0.1) is 17.9 Å². The Balaban J connectivity index is 1.85. The van der Waals surface area contributed by atoms with Gasteiger partial charge in [-0.1, -0.05) is 32.9 Å². The third-order valence-corrected chi connectivity index (χ3v) is 5.53. The number of aryl methyl sites for hydroxylation is 1. The van der Waals surface area contributed by atoms with E-state index in [2.05, 4.69) is 26.1 Å². The van der Waals surface area contributed by atoms with Crippen molar-refractivity contribution in [2.24, 2.45) is 0 Å². The quantitative estimate of drug-likeness (QED) is 0.848. The number of hydrogen-bond acceptors (Lipinski definition) is 4. The topological polar surface area (TPSA) is 61.8 Å². The number of hydrogen-bond donors (Lipinski definition) is 2. The number of fused-ring (bicyclic) bond motifs is 1. The van der Waals surface area contributed by atoms with Crippen molar-refractivity contribution in [2.75, 3.05) is 23.8 Å². The number of nitrogens with one attached hydrogen (secondary N) is 1. The van der Waals surface area contributed by atoms with Crippen LogP contribution in [0.5, 0.6) is 11.5 Å². The number of ether oxygens (including phenoxy) is 1. The summed E-state index contributed by atoms with van der Waals surface area (Å²) in [6.07, 6.45) is 0.299. The van der Waals surface area contributed by atoms with Crippen molar-refractivity contribution in [3.8, 4) is 11.5 Å². The first-order chi connectivity index (χ1) is 12.7. The van der Waals surface area contributed by atoms with E-state index in [4.69, 9.17) is 4.74 Å². The van der Waals surface area contributed by atoms with Crippen molar-refractivity contribution in [1.29, 1.82) is 0 Å². The van der Waals surface area contributed by atoms with Gasteiger partial charge in [-0.2, -0.15) is 0 Å². The fourth-order valence-corrected chi connectivity index (χ4v) is 3.36. The van der Waals surface area contributed by atoms with Crippen molar-refractivity contribution in [3.63, 3.8) is 0 Å². The van der Waals surface area contributed by atoms with E-state index in [1.165, 1.54) is 0 Å². The Morgan fingerprint density at radius 3 is 2.74 bits per heavy atom. The van der Waals surface area contributed by atoms with Crippen LogP contribution in [-0.4, -0.2) is 30.7 Å². The van der Waals surface area contributed by atoms with Crippen LogP contribution >= 0.6 is 0 Å². The Labute approximate surface area is 161 Å². The summed E-state index contributed by atoms with van der Waals surface area (Å²) in [6.45, 7) is 8.68. The number of carbonyl (C=O) groups excluding carboxylic acids is 1. The molecule has 0 aliphatic carbocycles. The molecule has 1 amide bonds. The highest BCUT2D eigenvalue weighted by Gasteiger charge is 2.30. The van der Waals surface area contributed by atoms with Crippen LogP contribution in [0.15, 0.2) is 36.4 Å². The molecule has 0 bridgehead atoms. The summed E-state index contributed by atoms with van der Waals surface area (Å²) in [5, 5.41) is 13.8. The molecule has 0 aromatic heterocycles. The van der Waals surface area contributed by atoms with Gasteiger partial charge in [0.1, 0.15) is 11.5 Å². The van der Waals surface area contributed by atoms with Crippen molar-refractivity contribution >= 4 is 17.3 Å². The lowest BCUT2D eigenvalue weighted by molar-refractivity contribution is -0.124. The molecule has 27 heavy (non-hydrogen) atoms. The van der Waals surface area contributed by atoms with E-state index in [9.17, 15) is 9.90 Å². The average Bonchev–Trinajstić information content (AvgIpc) is 2.67. The molecular weight excluding hydrogens is 340 g/mol. The van der Waals surface area contributed by atoms with E-state index in [1.807, 2.05) is 37.3 Å². The maximum absolute atomic E-state index is 13.0. The molecule has 1 aliphatic rings. The predicted molar refractivity (Wildman–Crippen MR) is 109 cm³/mol. The van der Waals surface area contributed by atoms with Gasteiger partial charge in [0.2, 0.25) is 0 Å². The van der Waals surface area contributed by atoms with E-state index in [0.29, 0.717) is 18.0 Å². The largest absolute Gasteiger partial charge is 0.508 e. The minimum Gasteiger partial charge on any atom is -0.508 e. The highest BCUT2D eigenvalue weighted by molar-refractivity contribution is 5.98. The van der Waals surface area contributed by atoms with Gasteiger partial charge < -0.3 is 20.1 Å². The SMILES string of the molecule is CCC(C)(C)c1cc(C)c(N(C)C(=O)C2CNc3ccccc3O2)cc1O. The Hall–Kier alpha value is -2.69. The second kappa shape index (κ2) is 7.14. The van der Waals surface area contributed by atoms with Crippen LogP contribution in [-0.2, 0) is 10.2 Å². The predicted octanol–water partition coefficient (Wildman–Crippen LogP) is 4.22. The lowest BCUT2D eigenvalue weighted by atomic mass is 9.81. The summed E-state index contributed by atoms with van der Waals surface area (Å²) < 4.78 is 5.89. The first-order valence-electron chi connectivity index (χ1n) is 9.36. The van der Waals surface area contributed by atoms with E-state index in [-0.39, 0.29) is 17.1 Å². The number of amides is 1. The van der Waals surface area contributed by atoms with E-state index < -0.39 is 6.10 Å². The number of aromatic hydroxyl groups is 1. The molecule has 0 spiro atoms. The number of rotatable bonds is 4. The number of carbonyl (C=O) groups is 1. The van der Waals surface area contributed by atoms with Gasteiger partial charge in [-0.05, 0) is 48.1 Å². The summed E-state index contributed by atoms with van der Waals surface area (Å²) in [5.74, 6) is 0.743. The van der Waals surface area contributed by atoms with Crippen molar-refractivity contribution in [3.05, 3.63) is 47.5 Å². The van der Waals surface area contributed by atoms with Gasteiger partial charge in [0.25, 0.3) is 5.91 Å². The van der Waals surface area contributed by atoms with Crippen LogP contribution in [0.2, 0.25) is 0 Å². The lowest BCUT2D eigenvalue weighted by Gasteiger charge is -2.31. The number of benzene rings is 2. The standard InChI is InChI=1S/C22H28N2O3/c1-6-22(3,4)15-11-14(2)17(12-18(15)25)24(5)21(26)20-13-23-16-9-7-8-10-19(16)27-20/h7-12,20,23,25H,6,13H2,1-5H3. The summed E-state index contributed by atoms with van der Waals surface area (Å²) in [5.41, 5.74) is 3.30. The van der Waals surface area contributed by atoms with Crippen molar-refractivity contribution < 1.29 is 14.6 Å². The third kappa shape index (κ3) is 3.59. The van der Waals surface area contributed by atoms with Crippen molar-refractivity contribution in [2.45, 2.75) is 45.6 Å². The van der Waals surface area contributed by atoms with Gasteiger partial charge in [0, 0.05) is 13.1 Å². The van der Waals surface area contributed by atoms with E-state index >= 15 is 0 Å². The van der Waals surface area contributed by atoms with Crippen molar-refractivity contribution in [1.82, 2.24) is 0 Å². The lowest BCUT2D eigenvalue weighted by Crippen LogP contribution is -2.45. The molecule has 0 fully saturated rings. The number of phenolic OH excluding ortho intramolecular Hbond substituents is 1. The maximum atomic E-state index is 13.0. The van der Waals surface area contributed by atoms with Gasteiger partial charge >= 0.3 is 0 Å². The molecule has 0 saturated carbocycles. The second-order valence-electron chi connectivity index (χ2n) is 7.77. The zero-order valence-corrected chi connectivity index (χ0v) is 16.7. The molecule has 1 aliphatic heterocycles. The number of likely N-dealkylation sites (N-methyl/N-ethyl adjacent to an activating group) is 1. The molecule has 5 nitrogen and oxygen atoms in total. The normalized spacial score (nSPS) is 16.1. The molecule has 1 atom stereocenters. The first kappa shape index (κ1) is 19.1. The van der Waals surface area contributed by atoms with E-state index in [0.717, 1.165) is 23.2 Å². The minimum absolute atomic E-state index is 0.129. The summed E-state index contributed by atoms with van der Waals surface area (Å²) >= 11 is 0. The maximum Gasteiger partial charge on any atom is 0.269 e. The molecular formula is C22H28N2O3. The number of anilines is 2. The monoisotopic (exact) mass is 368 g/mol. The van der Waals surface area contributed by atoms with E-state index in [1.54, 1.807) is 18.0 Å². The molecule has 2 N–H and O–H groups in total. The highest BCUT2D eigenvalue weighted by Crippen LogP contribution is 2.38. The summed E-state index contributed by atoms with van der Waals surface area (Å²) in [4.78, 5) is 14.6. The zero-order valence-electron chi connectivity index (χ0n) is 16.7. The van der Waals surface area contributed by atoms with Crippen LogP contribution in [0.25, 0.3) is 0 Å². The fraction of sp³-hybridized carbons (Fsp3) is 0.409. The van der Waals surface area contributed by atoms with Gasteiger partial charge in [-0.25, -0.2) is 0 Å². The molecule has 0 radical (unpaired) electrons. The third-order valence-electron chi connectivity index (χ3n) is 5.53. The van der Waals surface area contributed by atoms with Gasteiger partial charge in [0.15, 0.2) is 6.10 Å². The summed E-state index contributed by atoms with van der Waals surface area (Å²) in [7, 11) is 1.72. The number of nitrogens with zero attached hydrogens (tertiary/aromatic N) is 1. The first-order valence-corrected chi connectivity index (χ1v) is 9.36. The molecule has 1 unspecified atom stereocenters. The zero-order chi connectivity index (χ0) is 19.8. The molecule has 0 saturated heterocycles. The van der Waals surface area contributed by atoms with Gasteiger partial charge in [-0.3, -0.25) is 4.79 Å². The molecule has 5 heteroatoms. The highest BCUT2D eigenvalue weighted by atomic mass is 16.5. The Morgan fingerprint density at radius 1 is 1.33 bits per heavy atom. The Bertz CT molecular complexity index is 861. The second-order valence-corrected chi connectivity index (χ2v) is 7.77. The molecule has 2 aromatic carbocycles. The smallest absolute Gasteiger partial charge is 0.269 e. The molecule has 1 heterocycles. The van der Waals surface area contributed by atoms with Crippen LogP contribution in [0.4, 0.5) is 11.4 Å². The molecule has 2 aromatic rings. The number of para-hydroxylation sites is 2. The molecule has 144 valence electrons. The van der Waals surface area contributed by atoms with Gasteiger partial charge in [-0.15, -0.1) is 0 Å². The Kier molecular flexibility index (Phi) is 5.05. The minimum atomic E-state index is -0.613. The average molecular weight is 368 g/mol. The fourth-order valence-electron chi connectivity index (χ4n) is 3.36. The summed E-state index contributed by atoms with van der Waals surface area (Å²) in [6, 6.07) is 11.2. The number of phenols is 1. The molecule has 3 rings (SSSR count). The van der Waals surface area contributed by atoms with Crippen LogP contribution in [0.3, 0.4) is 0 Å². The van der Waals surface area contributed by atoms with Crippen LogP contribution in [0.1, 0.15) is 38.3 Å². The Morgan fingerprint density at radius 2 is 2.04 bits per heavy atom.